The maximum absolute atomic E-state index is 12.3. The van der Waals surface area contributed by atoms with Gasteiger partial charge in [0.2, 0.25) is 0 Å². The fraction of sp³-hybridized carbons (Fsp3) is 1.00. The lowest BCUT2D eigenvalue weighted by atomic mass is 10.3. The summed E-state index contributed by atoms with van der Waals surface area (Å²) in [7, 11) is -14.6. The number of hydrogen-bond acceptors (Lipinski definition) is 5. The van der Waals surface area contributed by atoms with E-state index in [0.29, 0.717) is 0 Å². The molecule has 0 radical (unpaired) electrons. The second kappa shape index (κ2) is 4.46. The third-order valence-corrected chi connectivity index (χ3v) is 3.13. The van der Waals surface area contributed by atoms with Gasteiger partial charge < -0.3 is 6.15 Å². The average molecular weight is 331 g/mol. The highest BCUT2D eigenvalue weighted by Crippen LogP contribution is 2.50. The zero-order chi connectivity index (χ0) is 14.5. The standard InChI is InChI=1S/C3HF7O5S2.H3N/c4-1(5,2(6,7)16(10,11)12)3(8,9)17(13,14)15;/h(H,13,14,15);1H3. The molecule has 15 heteroatoms. The van der Waals surface area contributed by atoms with Crippen molar-refractivity contribution in [1.82, 2.24) is 6.15 Å². The maximum atomic E-state index is 12.3. The average Bonchev–Trinajstić information content (AvgIpc) is 1.98. The summed E-state index contributed by atoms with van der Waals surface area (Å²) in [4.78, 5) is 0. The Kier molecular flexibility index (Phi) is 4.87. The van der Waals surface area contributed by atoms with Gasteiger partial charge >= 0.3 is 36.8 Å². The van der Waals surface area contributed by atoms with Crippen LogP contribution in [0.1, 0.15) is 0 Å². The summed E-state index contributed by atoms with van der Waals surface area (Å²) >= 11 is 0. The fourth-order valence-electron chi connectivity index (χ4n) is 0.485. The van der Waals surface area contributed by atoms with Gasteiger partial charge in [-0.15, -0.1) is 0 Å². The third kappa shape index (κ3) is 2.52. The van der Waals surface area contributed by atoms with Crippen molar-refractivity contribution in [3.8, 4) is 0 Å². The number of alkyl halides is 6. The van der Waals surface area contributed by atoms with Crippen LogP contribution in [0.5, 0.6) is 0 Å². The van der Waals surface area contributed by atoms with E-state index in [9.17, 15) is 47.1 Å². The first-order valence-electron chi connectivity index (χ1n) is 3.05. The van der Waals surface area contributed by atoms with E-state index >= 15 is 0 Å². The molecule has 0 amide bonds. The van der Waals surface area contributed by atoms with Gasteiger partial charge in [-0.2, -0.15) is 43.2 Å². The Morgan fingerprint density at radius 1 is 0.778 bits per heavy atom. The first-order chi connectivity index (χ1) is 7.00. The third-order valence-electron chi connectivity index (χ3n) is 1.36. The van der Waals surface area contributed by atoms with Crippen LogP contribution < -0.4 is 6.15 Å². The van der Waals surface area contributed by atoms with Gasteiger partial charge in [0, 0.05) is 0 Å². The van der Waals surface area contributed by atoms with Gasteiger partial charge in [-0.25, -0.2) is 0 Å². The van der Waals surface area contributed by atoms with Crippen LogP contribution in [0, 0.1) is 0 Å². The number of rotatable bonds is 4. The van der Waals surface area contributed by atoms with E-state index in [2.05, 4.69) is 0 Å². The summed E-state index contributed by atoms with van der Waals surface area (Å²) in [5.74, 6) is -7.21. The molecule has 0 bridgehead atoms. The van der Waals surface area contributed by atoms with Crippen molar-refractivity contribution in [1.29, 1.82) is 0 Å². The molecular formula is C3H4F7NO5S2. The quantitative estimate of drug-likeness (QED) is 0.452. The second-order valence-corrected chi connectivity index (χ2v) is 5.37. The molecule has 0 unspecified atom stereocenters. The lowest BCUT2D eigenvalue weighted by Crippen LogP contribution is -2.59. The topological polar surface area (TPSA) is 124 Å². The fourth-order valence-corrected chi connectivity index (χ4v) is 1.44. The van der Waals surface area contributed by atoms with Gasteiger partial charge in [-0.3, -0.25) is 4.55 Å². The zero-order valence-electron chi connectivity index (χ0n) is 7.75. The van der Waals surface area contributed by atoms with Gasteiger partial charge in [-0.1, -0.05) is 3.89 Å². The van der Waals surface area contributed by atoms with E-state index in [4.69, 9.17) is 4.55 Å². The maximum Gasteiger partial charge on any atom is 0.443 e. The molecule has 0 aliphatic rings. The zero-order valence-corrected chi connectivity index (χ0v) is 9.38. The van der Waals surface area contributed by atoms with Crippen molar-refractivity contribution in [3.05, 3.63) is 0 Å². The van der Waals surface area contributed by atoms with Crippen molar-refractivity contribution in [2.75, 3.05) is 0 Å². The minimum Gasteiger partial charge on any atom is -0.344 e. The molecule has 0 atom stereocenters. The molecule has 0 rings (SSSR count). The Labute approximate surface area is 95.3 Å². The summed E-state index contributed by atoms with van der Waals surface area (Å²) in [6, 6.07) is 0. The molecule has 0 aromatic rings. The Bertz CT molecular complexity index is 463. The minimum atomic E-state index is -7.54. The predicted octanol–water partition coefficient (Wildman–Crippen LogP) is 1.16. The van der Waals surface area contributed by atoms with Crippen LogP contribution in [0.3, 0.4) is 0 Å². The summed E-state index contributed by atoms with van der Waals surface area (Å²) < 4.78 is 131. The molecule has 0 aliphatic heterocycles. The predicted molar refractivity (Wildman–Crippen MR) is 41.4 cm³/mol. The van der Waals surface area contributed by atoms with E-state index in [0.717, 1.165) is 0 Å². The van der Waals surface area contributed by atoms with Crippen LogP contribution in [-0.2, 0) is 20.3 Å². The molecule has 0 fully saturated rings. The van der Waals surface area contributed by atoms with Crippen molar-refractivity contribution in [2.24, 2.45) is 0 Å². The molecule has 0 heterocycles. The normalized spacial score (nSPS) is 15.1. The van der Waals surface area contributed by atoms with Crippen LogP contribution >= 0.6 is 0 Å². The van der Waals surface area contributed by atoms with E-state index in [1.807, 2.05) is 0 Å². The molecule has 0 spiro atoms. The van der Waals surface area contributed by atoms with Gasteiger partial charge in [0.25, 0.3) is 0 Å². The van der Waals surface area contributed by atoms with Gasteiger partial charge in [0.05, 0.1) is 0 Å². The summed E-state index contributed by atoms with van der Waals surface area (Å²) in [6.07, 6.45) is 0. The van der Waals surface area contributed by atoms with Gasteiger partial charge in [-0.05, 0) is 0 Å². The molecule has 0 saturated carbocycles. The summed E-state index contributed by atoms with van der Waals surface area (Å²) in [5, 5.41) is -13.9. The van der Waals surface area contributed by atoms with E-state index in [1.54, 1.807) is 0 Å². The van der Waals surface area contributed by atoms with Crippen molar-refractivity contribution in [3.63, 3.8) is 0 Å². The van der Waals surface area contributed by atoms with E-state index in [-0.39, 0.29) is 6.15 Å². The largest absolute Gasteiger partial charge is 0.443 e. The molecule has 0 aliphatic carbocycles. The lowest BCUT2D eigenvalue weighted by molar-refractivity contribution is -0.246. The Morgan fingerprint density at radius 3 is 1.22 bits per heavy atom. The monoisotopic (exact) mass is 331 g/mol. The molecule has 0 saturated heterocycles. The molecule has 112 valence electrons. The first kappa shape index (κ1) is 19.7. The molecule has 18 heavy (non-hydrogen) atoms. The summed E-state index contributed by atoms with van der Waals surface area (Å²) in [6.45, 7) is 0. The van der Waals surface area contributed by atoms with Crippen LogP contribution in [0.15, 0.2) is 0 Å². The molecule has 0 aromatic carbocycles. The lowest BCUT2D eigenvalue weighted by Gasteiger charge is -2.27. The second-order valence-electron chi connectivity index (χ2n) is 2.52. The molecule has 6 nitrogen and oxygen atoms in total. The van der Waals surface area contributed by atoms with Crippen LogP contribution in [0.25, 0.3) is 0 Å². The van der Waals surface area contributed by atoms with Crippen LogP contribution in [0.2, 0.25) is 0 Å². The van der Waals surface area contributed by atoms with Crippen molar-refractivity contribution in [2.45, 2.75) is 16.4 Å². The molecule has 4 N–H and O–H groups in total. The molecule has 0 aromatic heterocycles. The SMILES string of the molecule is N.O=S(=O)(O)C(F)(F)C(F)(F)C(F)(F)S(=O)(=O)F. The molecular weight excluding hydrogens is 327 g/mol. The van der Waals surface area contributed by atoms with E-state index < -0.39 is 36.8 Å². The highest BCUT2D eigenvalue weighted by molar-refractivity contribution is 7.88. The van der Waals surface area contributed by atoms with Gasteiger partial charge in [0.1, 0.15) is 0 Å². The van der Waals surface area contributed by atoms with Crippen LogP contribution in [-0.4, -0.2) is 37.8 Å². The highest BCUT2D eigenvalue weighted by atomic mass is 32.3. The minimum absolute atomic E-state index is 0. The Balaban J connectivity index is 0. The number of hydrogen-bond donors (Lipinski definition) is 2. The first-order valence-corrected chi connectivity index (χ1v) is 5.87. The number of halogens is 7. The smallest absolute Gasteiger partial charge is 0.344 e. The van der Waals surface area contributed by atoms with Crippen LogP contribution in [0.4, 0.5) is 30.2 Å². The highest BCUT2D eigenvalue weighted by Gasteiger charge is 2.82. The van der Waals surface area contributed by atoms with Gasteiger partial charge in [0.15, 0.2) is 0 Å². The van der Waals surface area contributed by atoms with Crippen molar-refractivity contribution < 1.29 is 51.6 Å². The Hall–Kier alpha value is -0.670. The Morgan fingerprint density at radius 2 is 1.06 bits per heavy atom. The van der Waals surface area contributed by atoms with E-state index in [1.165, 1.54) is 0 Å². The summed E-state index contributed by atoms with van der Waals surface area (Å²) in [5.41, 5.74) is 0. The van der Waals surface area contributed by atoms with Crippen molar-refractivity contribution >= 4 is 20.3 Å².